The van der Waals surface area contributed by atoms with E-state index in [9.17, 15) is 4.79 Å². The Balaban J connectivity index is 1.78. The predicted molar refractivity (Wildman–Crippen MR) is 89.6 cm³/mol. The van der Waals surface area contributed by atoms with Gasteiger partial charge in [0.1, 0.15) is 12.4 Å². The van der Waals surface area contributed by atoms with E-state index in [0.717, 1.165) is 28.1 Å². The summed E-state index contributed by atoms with van der Waals surface area (Å²) < 4.78 is 5.64. The summed E-state index contributed by atoms with van der Waals surface area (Å²) in [5, 5.41) is 5.68. The summed E-state index contributed by atoms with van der Waals surface area (Å²) in [6, 6.07) is 13.5. The Bertz CT molecular complexity index is 633. The van der Waals surface area contributed by atoms with Gasteiger partial charge in [-0.3, -0.25) is 0 Å². The van der Waals surface area contributed by atoms with Gasteiger partial charge in [0.05, 0.1) is 6.54 Å². The fraction of sp³-hybridized carbons (Fsp3) is 0.278. The predicted octanol–water partition coefficient (Wildman–Crippen LogP) is 3.81. The van der Waals surface area contributed by atoms with Gasteiger partial charge in [-0.15, -0.1) is 0 Å². The highest BCUT2D eigenvalue weighted by atomic mass is 16.5. The van der Waals surface area contributed by atoms with E-state index >= 15 is 0 Å². The number of rotatable bonds is 5. The highest BCUT2D eigenvalue weighted by Gasteiger charge is 2.06. The van der Waals surface area contributed by atoms with Crippen molar-refractivity contribution in [1.29, 1.82) is 0 Å². The van der Waals surface area contributed by atoms with Crippen molar-refractivity contribution in [1.82, 2.24) is 5.32 Å². The number of urea groups is 1. The van der Waals surface area contributed by atoms with Gasteiger partial charge in [0, 0.05) is 5.69 Å². The maximum atomic E-state index is 11.9. The number of hydrogen-bond acceptors (Lipinski definition) is 2. The zero-order valence-corrected chi connectivity index (χ0v) is 13.3. The Hall–Kier alpha value is -2.49. The second-order valence-electron chi connectivity index (χ2n) is 5.26. The van der Waals surface area contributed by atoms with Crippen molar-refractivity contribution in [3.05, 3.63) is 59.2 Å². The van der Waals surface area contributed by atoms with Gasteiger partial charge in [-0.1, -0.05) is 36.4 Å². The summed E-state index contributed by atoms with van der Waals surface area (Å²) in [5.74, 6) is 0.847. The molecule has 0 bridgehead atoms. The van der Waals surface area contributed by atoms with E-state index in [2.05, 4.69) is 10.6 Å². The molecule has 0 saturated carbocycles. The first-order valence-corrected chi connectivity index (χ1v) is 7.37. The van der Waals surface area contributed by atoms with E-state index in [1.165, 1.54) is 0 Å². The number of anilines is 1. The zero-order valence-electron chi connectivity index (χ0n) is 13.3. The maximum Gasteiger partial charge on any atom is 0.319 e. The number of hydrogen-bond donors (Lipinski definition) is 2. The minimum absolute atomic E-state index is 0.217. The van der Waals surface area contributed by atoms with Gasteiger partial charge in [0.25, 0.3) is 0 Å². The van der Waals surface area contributed by atoms with E-state index in [4.69, 9.17) is 4.74 Å². The number of benzene rings is 2. The molecule has 0 aliphatic rings. The molecule has 0 aliphatic carbocycles. The molecule has 2 amide bonds. The molecule has 0 atom stereocenters. The van der Waals surface area contributed by atoms with Crippen LogP contribution in [0.1, 0.15) is 16.7 Å². The molecule has 0 aliphatic heterocycles. The molecule has 0 fully saturated rings. The Morgan fingerprint density at radius 2 is 1.59 bits per heavy atom. The molecule has 116 valence electrons. The van der Waals surface area contributed by atoms with Crippen molar-refractivity contribution < 1.29 is 9.53 Å². The first kappa shape index (κ1) is 15.9. The highest BCUT2D eigenvalue weighted by molar-refractivity contribution is 5.90. The molecule has 2 aromatic rings. The topological polar surface area (TPSA) is 50.4 Å². The number of para-hydroxylation sites is 2. The van der Waals surface area contributed by atoms with Crippen molar-refractivity contribution >= 4 is 11.7 Å². The van der Waals surface area contributed by atoms with Gasteiger partial charge in [-0.05, 0) is 43.5 Å². The minimum Gasteiger partial charge on any atom is -0.491 e. The Kier molecular flexibility index (Phi) is 5.42. The van der Waals surface area contributed by atoms with Crippen LogP contribution in [0.2, 0.25) is 0 Å². The van der Waals surface area contributed by atoms with Crippen LogP contribution < -0.4 is 15.4 Å². The molecule has 22 heavy (non-hydrogen) atoms. The molecule has 0 radical (unpaired) electrons. The van der Waals surface area contributed by atoms with Crippen molar-refractivity contribution in [2.45, 2.75) is 20.8 Å². The normalized spacial score (nSPS) is 10.1. The number of amides is 2. The van der Waals surface area contributed by atoms with Gasteiger partial charge in [-0.2, -0.15) is 0 Å². The van der Waals surface area contributed by atoms with Crippen LogP contribution >= 0.6 is 0 Å². The second kappa shape index (κ2) is 7.50. The lowest BCUT2D eigenvalue weighted by Gasteiger charge is -2.13. The van der Waals surface area contributed by atoms with Crippen LogP contribution in [0, 0.1) is 20.8 Å². The van der Waals surface area contributed by atoms with Crippen LogP contribution in [-0.4, -0.2) is 19.2 Å². The van der Waals surface area contributed by atoms with Gasteiger partial charge in [0.15, 0.2) is 0 Å². The van der Waals surface area contributed by atoms with Gasteiger partial charge in [-0.25, -0.2) is 4.79 Å². The summed E-state index contributed by atoms with van der Waals surface area (Å²) in [6.45, 7) is 6.83. The SMILES string of the molecule is Cc1ccccc1OCCNC(=O)Nc1c(C)cccc1C. The average Bonchev–Trinajstić information content (AvgIpc) is 2.49. The molecular weight excluding hydrogens is 276 g/mol. The summed E-state index contributed by atoms with van der Waals surface area (Å²) in [7, 11) is 0. The molecule has 4 nitrogen and oxygen atoms in total. The number of carbonyl (C=O) groups is 1. The Morgan fingerprint density at radius 3 is 2.27 bits per heavy atom. The lowest BCUT2D eigenvalue weighted by molar-refractivity contribution is 0.247. The van der Waals surface area contributed by atoms with Crippen molar-refractivity contribution in [2.75, 3.05) is 18.5 Å². The minimum atomic E-state index is -0.217. The van der Waals surface area contributed by atoms with Crippen LogP contribution in [0.15, 0.2) is 42.5 Å². The largest absolute Gasteiger partial charge is 0.491 e. The van der Waals surface area contributed by atoms with Gasteiger partial charge < -0.3 is 15.4 Å². The molecule has 0 aromatic heterocycles. The first-order chi connectivity index (χ1) is 10.6. The van der Waals surface area contributed by atoms with Crippen LogP contribution in [-0.2, 0) is 0 Å². The molecule has 0 heterocycles. The molecule has 2 N–H and O–H groups in total. The molecular formula is C18H22N2O2. The summed E-state index contributed by atoms with van der Waals surface area (Å²) in [6.07, 6.45) is 0. The van der Waals surface area contributed by atoms with E-state index in [1.54, 1.807) is 0 Å². The Morgan fingerprint density at radius 1 is 0.955 bits per heavy atom. The summed E-state index contributed by atoms with van der Waals surface area (Å²) >= 11 is 0. The average molecular weight is 298 g/mol. The summed E-state index contributed by atoms with van der Waals surface area (Å²) in [5.41, 5.74) is 4.04. The number of aryl methyl sites for hydroxylation is 3. The lowest BCUT2D eigenvalue weighted by Crippen LogP contribution is -2.32. The molecule has 0 spiro atoms. The van der Waals surface area contributed by atoms with Crippen LogP contribution in [0.3, 0.4) is 0 Å². The van der Waals surface area contributed by atoms with Crippen LogP contribution in [0.4, 0.5) is 10.5 Å². The molecule has 0 saturated heterocycles. The monoisotopic (exact) mass is 298 g/mol. The van der Waals surface area contributed by atoms with E-state index in [-0.39, 0.29) is 6.03 Å². The number of nitrogens with one attached hydrogen (secondary N) is 2. The van der Waals surface area contributed by atoms with E-state index in [0.29, 0.717) is 13.2 Å². The van der Waals surface area contributed by atoms with Crippen LogP contribution in [0.5, 0.6) is 5.75 Å². The smallest absolute Gasteiger partial charge is 0.319 e. The van der Waals surface area contributed by atoms with Gasteiger partial charge >= 0.3 is 6.03 Å². The number of ether oxygens (including phenoxy) is 1. The van der Waals surface area contributed by atoms with Crippen LogP contribution in [0.25, 0.3) is 0 Å². The third kappa shape index (κ3) is 4.25. The standard InChI is InChI=1S/C18H22N2O2/c1-13-7-4-5-10-16(13)22-12-11-19-18(21)20-17-14(2)8-6-9-15(17)3/h4-10H,11-12H2,1-3H3,(H2,19,20,21). The zero-order chi connectivity index (χ0) is 15.9. The molecule has 2 rings (SSSR count). The molecule has 2 aromatic carbocycles. The quantitative estimate of drug-likeness (QED) is 0.825. The first-order valence-electron chi connectivity index (χ1n) is 7.37. The second-order valence-corrected chi connectivity index (χ2v) is 5.26. The third-order valence-corrected chi connectivity index (χ3v) is 3.46. The van der Waals surface area contributed by atoms with Crippen molar-refractivity contribution in [3.63, 3.8) is 0 Å². The summed E-state index contributed by atoms with van der Waals surface area (Å²) in [4.78, 5) is 11.9. The maximum absolute atomic E-state index is 11.9. The van der Waals surface area contributed by atoms with Crippen molar-refractivity contribution in [2.24, 2.45) is 0 Å². The Labute approximate surface area is 131 Å². The lowest BCUT2D eigenvalue weighted by atomic mass is 10.1. The van der Waals surface area contributed by atoms with E-state index < -0.39 is 0 Å². The molecule has 0 unspecified atom stereocenters. The number of carbonyl (C=O) groups excluding carboxylic acids is 1. The highest BCUT2D eigenvalue weighted by Crippen LogP contribution is 2.19. The third-order valence-electron chi connectivity index (χ3n) is 3.46. The van der Waals surface area contributed by atoms with E-state index in [1.807, 2.05) is 63.2 Å². The molecule has 4 heteroatoms. The van der Waals surface area contributed by atoms with Crippen molar-refractivity contribution in [3.8, 4) is 5.75 Å². The fourth-order valence-corrected chi connectivity index (χ4v) is 2.21. The fourth-order valence-electron chi connectivity index (χ4n) is 2.21. The van der Waals surface area contributed by atoms with Gasteiger partial charge in [0.2, 0.25) is 0 Å².